The van der Waals surface area contributed by atoms with Crippen LogP contribution in [0, 0.1) is 11.7 Å². The molecule has 1 heterocycles. The number of benzene rings is 2. The van der Waals surface area contributed by atoms with E-state index in [4.69, 9.17) is 0 Å². The van der Waals surface area contributed by atoms with Gasteiger partial charge >= 0.3 is 6.03 Å². The molecule has 2 N–H and O–H groups in total. The Labute approximate surface area is 176 Å². The van der Waals surface area contributed by atoms with Gasteiger partial charge < -0.3 is 10.6 Å². The molecule has 1 aliphatic rings. The molecule has 0 radical (unpaired) electrons. The Balaban J connectivity index is 1.82. The fourth-order valence-electron chi connectivity index (χ4n) is 3.48. The van der Waals surface area contributed by atoms with Gasteiger partial charge in [-0.3, -0.25) is 14.5 Å². The number of anilines is 1. The number of rotatable bonds is 6. The zero-order valence-electron chi connectivity index (χ0n) is 16.0. The van der Waals surface area contributed by atoms with Crippen LogP contribution in [0.3, 0.4) is 0 Å². The van der Waals surface area contributed by atoms with Gasteiger partial charge in [-0.05, 0) is 36.1 Å². The number of carbonyl (C=O) groups is 3. The zero-order valence-corrected chi connectivity index (χ0v) is 17.6. The van der Waals surface area contributed by atoms with Crippen molar-refractivity contribution >= 4 is 39.5 Å². The van der Waals surface area contributed by atoms with Crippen LogP contribution in [0.1, 0.15) is 25.8 Å². The maximum absolute atomic E-state index is 14.0. The lowest BCUT2D eigenvalue weighted by Crippen LogP contribution is -2.45. The third kappa shape index (κ3) is 4.32. The van der Waals surface area contributed by atoms with Crippen molar-refractivity contribution in [3.05, 3.63) is 64.4 Å². The summed E-state index contributed by atoms with van der Waals surface area (Å²) in [6, 6.07) is 12.5. The number of imide groups is 1. The zero-order chi connectivity index (χ0) is 21.2. The van der Waals surface area contributed by atoms with E-state index in [2.05, 4.69) is 26.6 Å². The molecule has 0 spiro atoms. The summed E-state index contributed by atoms with van der Waals surface area (Å²) < 4.78 is 14.5. The molecule has 8 heteroatoms. The van der Waals surface area contributed by atoms with Crippen LogP contribution in [0.5, 0.6) is 0 Å². The molecule has 1 atom stereocenters. The van der Waals surface area contributed by atoms with E-state index >= 15 is 0 Å². The van der Waals surface area contributed by atoms with Crippen molar-refractivity contribution in [1.29, 1.82) is 0 Å². The van der Waals surface area contributed by atoms with Crippen LogP contribution in [-0.4, -0.2) is 29.3 Å². The van der Waals surface area contributed by atoms with Gasteiger partial charge in [0.05, 0.1) is 5.69 Å². The number of hydrogen-bond donors (Lipinski definition) is 2. The topological polar surface area (TPSA) is 78.5 Å². The molecule has 2 aromatic rings. The van der Waals surface area contributed by atoms with Crippen molar-refractivity contribution in [1.82, 2.24) is 10.2 Å². The summed E-state index contributed by atoms with van der Waals surface area (Å²) >= 11 is 3.14. The fourth-order valence-corrected chi connectivity index (χ4v) is 3.81. The minimum atomic E-state index is -1.23. The Kier molecular flexibility index (Phi) is 6.02. The monoisotopic (exact) mass is 461 g/mol. The van der Waals surface area contributed by atoms with Gasteiger partial charge in [-0.25, -0.2) is 9.18 Å². The number of nitrogens with one attached hydrogen (secondary N) is 2. The Morgan fingerprint density at radius 1 is 1.21 bits per heavy atom. The molecule has 0 saturated carbocycles. The molecular weight excluding hydrogens is 441 g/mol. The molecule has 1 unspecified atom stereocenters. The summed E-state index contributed by atoms with van der Waals surface area (Å²) in [5.41, 5.74) is -0.592. The van der Waals surface area contributed by atoms with Crippen molar-refractivity contribution < 1.29 is 18.8 Å². The SMILES string of the molecule is CC(C)CC1(c2ccccc2)NC(=O)N(CC(=O)Nc2ccc(Br)cc2F)C1=O. The molecule has 3 rings (SSSR count). The summed E-state index contributed by atoms with van der Waals surface area (Å²) in [7, 11) is 0. The molecule has 0 aromatic heterocycles. The van der Waals surface area contributed by atoms with Crippen molar-refractivity contribution in [2.75, 3.05) is 11.9 Å². The minimum absolute atomic E-state index is 0.0262. The van der Waals surface area contributed by atoms with Gasteiger partial charge in [-0.2, -0.15) is 0 Å². The van der Waals surface area contributed by atoms with E-state index in [1.165, 1.54) is 12.1 Å². The van der Waals surface area contributed by atoms with Crippen LogP contribution >= 0.6 is 15.9 Å². The fraction of sp³-hybridized carbons (Fsp3) is 0.286. The molecule has 1 saturated heterocycles. The lowest BCUT2D eigenvalue weighted by atomic mass is 9.82. The number of urea groups is 1. The standard InChI is InChI=1S/C21H21BrFN3O3/c1-13(2)11-21(14-6-4-3-5-7-14)19(28)26(20(29)25-21)12-18(27)24-17-9-8-15(22)10-16(17)23/h3-10,13H,11-12H2,1-2H3,(H,24,27)(H,25,29). The summed E-state index contributed by atoms with van der Waals surface area (Å²) in [6.45, 7) is 3.40. The summed E-state index contributed by atoms with van der Waals surface area (Å²) in [6.07, 6.45) is 0.390. The molecule has 152 valence electrons. The highest BCUT2D eigenvalue weighted by molar-refractivity contribution is 9.10. The second kappa shape index (κ2) is 8.32. The first-order valence-corrected chi connectivity index (χ1v) is 9.97. The molecule has 0 bridgehead atoms. The van der Waals surface area contributed by atoms with Crippen molar-refractivity contribution in [3.63, 3.8) is 0 Å². The van der Waals surface area contributed by atoms with E-state index in [1.54, 1.807) is 30.3 Å². The van der Waals surface area contributed by atoms with Crippen LogP contribution < -0.4 is 10.6 Å². The lowest BCUT2D eigenvalue weighted by Gasteiger charge is -2.29. The maximum Gasteiger partial charge on any atom is 0.325 e. The van der Waals surface area contributed by atoms with E-state index in [0.717, 1.165) is 4.90 Å². The van der Waals surface area contributed by atoms with Gasteiger partial charge in [0.2, 0.25) is 5.91 Å². The van der Waals surface area contributed by atoms with Gasteiger partial charge in [0.1, 0.15) is 17.9 Å². The van der Waals surface area contributed by atoms with Crippen LogP contribution in [0.4, 0.5) is 14.9 Å². The average Bonchev–Trinajstić information content (AvgIpc) is 2.89. The van der Waals surface area contributed by atoms with Crippen LogP contribution in [0.25, 0.3) is 0 Å². The van der Waals surface area contributed by atoms with E-state index in [9.17, 15) is 18.8 Å². The van der Waals surface area contributed by atoms with Gasteiger partial charge in [-0.15, -0.1) is 0 Å². The van der Waals surface area contributed by atoms with E-state index in [0.29, 0.717) is 16.5 Å². The van der Waals surface area contributed by atoms with Gasteiger partial charge in [0, 0.05) is 4.47 Å². The molecule has 6 nitrogen and oxygen atoms in total. The molecule has 1 aliphatic heterocycles. The first kappa shape index (κ1) is 21.0. The van der Waals surface area contributed by atoms with E-state index in [1.807, 2.05) is 19.9 Å². The number of carbonyl (C=O) groups excluding carboxylic acids is 3. The normalized spacial score (nSPS) is 18.9. The minimum Gasteiger partial charge on any atom is -0.322 e. The Morgan fingerprint density at radius 2 is 1.90 bits per heavy atom. The molecule has 4 amide bonds. The second-order valence-electron chi connectivity index (χ2n) is 7.36. The number of halogens is 2. The molecule has 2 aromatic carbocycles. The second-order valence-corrected chi connectivity index (χ2v) is 8.28. The third-order valence-electron chi connectivity index (χ3n) is 4.66. The lowest BCUT2D eigenvalue weighted by molar-refractivity contribution is -0.134. The quantitative estimate of drug-likeness (QED) is 0.637. The number of nitrogens with zero attached hydrogens (tertiary/aromatic N) is 1. The number of hydrogen-bond acceptors (Lipinski definition) is 3. The first-order chi connectivity index (χ1) is 13.7. The Bertz CT molecular complexity index is 951. The van der Waals surface area contributed by atoms with Crippen molar-refractivity contribution in [3.8, 4) is 0 Å². The summed E-state index contributed by atoms with van der Waals surface area (Å²) in [5.74, 6) is -1.66. The highest BCUT2D eigenvalue weighted by Crippen LogP contribution is 2.35. The highest BCUT2D eigenvalue weighted by atomic mass is 79.9. The van der Waals surface area contributed by atoms with Crippen LogP contribution in [0.15, 0.2) is 53.0 Å². The Hall–Kier alpha value is -2.74. The van der Waals surface area contributed by atoms with Crippen LogP contribution in [0.2, 0.25) is 0 Å². The maximum atomic E-state index is 14.0. The summed E-state index contributed by atoms with van der Waals surface area (Å²) in [5, 5.41) is 5.18. The molecule has 1 fully saturated rings. The molecule has 29 heavy (non-hydrogen) atoms. The largest absolute Gasteiger partial charge is 0.325 e. The number of amides is 4. The highest BCUT2D eigenvalue weighted by Gasteiger charge is 2.52. The smallest absolute Gasteiger partial charge is 0.322 e. The Morgan fingerprint density at radius 3 is 2.52 bits per heavy atom. The predicted molar refractivity (Wildman–Crippen MR) is 111 cm³/mol. The molecule has 0 aliphatic carbocycles. The predicted octanol–water partition coefficient (Wildman–Crippen LogP) is 4.02. The van der Waals surface area contributed by atoms with Gasteiger partial charge in [-0.1, -0.05) is 60.1 Å². The van der Waals surface area contributed by atoms with Crippen molar-refractivity contribution in [2.24, 2.45) is 5.92 Å². The van der Waals surface area contributed by atoms with Crippen LogP contribution in [-0.2, 0) is 15.1 Å². The van der Waals surface area contributed by atoms with Gasteiger partial charge in [0.25, 0.3) is 5.91 Å². The first-order valence-electron chi connectivity index (χ1n) is 9.17. The average molecular weight is 462 g/mol. The van der Waals surface area contributed by atoms with Gasteiger partial charge in [0.15, 0.2) is 0 Å². The van der Waals surface area contributed by atoms with E-state index in [-0.39, 0.29) is 11.6 Å². The summed E-state index contributed by atoms with van der Waals surface area (Å²) in [4.78, 5) is 39.1. The van der Waals surface area contributed by atoms with E-state index < -0.39 is 35.7 Å². The molecular formula is C21H21BrFN3O3. The third-order valence-corrected chi connectivity index (χ3v) is 5.16. The van der Waals surface area contributed by atoms with Crippen molar-refractivity contribution in [2.45, 2.75) is 25.8 Å².